The van der Waals surface area contributed by atoms with Crippen LogP contribution in [0.15, 0.2) is 58.2 Å². The Labute approximate surface area is 170 Å². The molecule has 0 bridgehead atoms. The summed E-state index contributed by atoms with van der Waals surface area (Å²) in [4.78, 5) is 12.2. The van der Waals surface area contributed by atoms with Gasteiger partial charge in [-0.2, -0.15) is 0 Å². The summed E-state index contributed by atoms with van der Waals surface area (Å²) >= 11 is 4.72. The highest BCUT2D eigenvalue weighted by Crippen LogP contribution is 2.28. The van der Waals surface area contributed by atoms with E-state index < -0.39 is 0 Å². The molecule has 27 heavy (non-hydrogen) atoms. The van der Waals surface area contributed by atoms with Crippen molar-refractivity contribution >= 4 is 39.3 Å². The van der Waals surface area contributed by atoms with Crippen molar-refractivity contribution in [3.05, 3.63) is 58.6 Å². The standard InChI is InChI=1S/C19H20BrN5OS/c1-12(2)13-7-9-14(10-8-13)22-17(26)11-27-19-24-23-18(25(19)21)15-5-3-4-6-16(15)20/h3-10,12H,11,21H2,1-2H3,(H,22,26). The lowest BCUT2D eigenvalue weighted by molar-refractivity contribution is -0.113. The normalized spacial score (nSPS) is 11.0. The number of nitrogen functional groups attached to an aromatic ring is 1. The number of rotatable bonds is 6. The third kappa shape index (κ3) is 4.70. The zero-order valence-corrected chi connectivity index (χ0v) is 17.4. The van der Waals surface area contributed by atoms with Gasteiger partial charge in [-0.25, -0.2) is 4.68 Å². The van der Waals surface area contributed by atoms with Gasteiger partial charge in [0.2, 0.25) is 11.1 Å². The van der Waals surface area contributed by atoms with Crippen LogP contribution in [0.1, 0.15) is 25.3 Å². The second-order valence-corrected chi connectivity index (χ2v) is 8.07. The Kier molecular flexibility index (Phi) is 6.18. The summed E-state index contributed by atoms with van der Waals surface area (Å²) in [6.07, 6.45) is 0. The minimum Gasteiger partial charge on any atom is -0.335 e. The molecule has 8 heteroatoms. The fourth-order valence-electron chi connectivity index (χ4n) is 2.48. The number of nitrogens with two attached hydrogens (primary N) is 1. The number of nitrogens with one attached hydrogen (secondary N) is 1. The summed E-state index contributed by atoms with van der Waals surface area (Å²) < 4.78 is 2.28. The Morgan fingerprint density at radius 1 is 1.19 bits per heavy atom. The molecule has 0 aliphatic heterocycles. The predicted octanol–water partition coefficient (Wildman–Crippen LogP) is 4.28. The largest absolute Gasteiger partial charge is 0.335 e. The second kappa shape index (κ2) is 8.58. The highest BCUT2D eigenvalue weighted by Gasteiger charge is 2.15. The molecular weight excluding hydrogens is 426 g/mol. The SMILES string of the molecule is CC(C)c1ccc(NC(=O)CSc2nnc(-c3ccccc3Br)n2N)cc1. The van der Waals surface area contributed by atoms with Crippen LogP contribution >= 0.6 is 27.7 Å². The van der Waals surface area contributed by atoms with Gasteiger partial charge >= 0.3 is 0 Å². The Morgan fingerprint density at radius 3 is 2.56 bits per heavy atom. The highest BCUT2D eigenvalue weighted by atomic mass is 79.9. The Balaban J connectivity index is 1.62. The van der Waals surface area contributed by atoms with Gasteiger partial charge in [-0.1, -0.05) is 65.8 Å². The molecule has 0 saturated carbocycles. The zero-order valence-electron chi connectivity index (χ0n) is 15.0. The first kappa shape index (κ1) is 19.4. The van der Waals surface area contributed by atoms with Crippen molar-refractivity contribution in [2.45, 2.75) is 24.9 Å². The second-order valence-electron chi connectivity index (χ2n) is 6.27. The fourth-order valence-corrected chi connectivity index (χ4v) is 3.60. The Hall–Kier alpha value is -2.32. The third-order valence-corrected chi connectivity index (χ3v) is 5.61. The van der Waals surface area contributed by atoms with Crippen LogP contribution in [0, 0.1) is 0 Å². The van der Waals surface area contributed by atoms with Crippen molar-refractivity contribution < 1.29 is 4.79 Å². The first-order valence-corrected chi connectivity index (χ1v) is 10.2. The van der Waals surface area contributed by atoms with Gasteiger partial charge in [-0.15, -0.1) is 10.2 Å². The number of hydrogen-bond acceptors (Lipinski definition) is 5. The number of carbonyl (C=O) groups is 1. The van der Waals surface area contributed by atoms with Crippen molar-refractivity contribution in [3.63, 3.8) is 0 Å². The van der Waals surface area contributed by atoms with E-state index >= 15 is 0 Å². The maximum Gasteiger partial charge on any atom is 0.234 e. The van der Waals surface area contributed by atoms with Crippen LogP contribution in [-0.2, 0) is 4.79 Å². The summed E-state index contributed by atoms with van der Waals surface area (Å²) in [5.74, 6) is 7.17. The lowest BCUT2D eigenvalue weighted by atomic mass is 10.0. The van der Waals surface area contributed by atoms with Crippen LogP contribution in [0.3, 0.4) is 0 Å². The minimum atomic E-state index is -0.122. The number of anilines is 1. The smallest absolute Gasteiger partial charge is 0.234 e. The number of nitrogens with zero attached hydrogens (tertiary/aromatic N) is 3. The van der Waals surface area contributed by atoms with Crippen LogP contribution in [0.25, 0.3) is 11.4 Å². The lowest BCUT2D eigenvalue weighted by Gasteiger charge is -2.08. The van der Waals surface area contributed by atoms with E-state index in [1.807, 2.05) is 48.5 Å². The summed E-state index contributed by atoms with van der Waals surface area (Å²) in [7, 11) is 0. The molecule has 3 aromatic rings. The van der Waals surface area contributed by atoms with Crippen molar-refractivity contribution in [2.75, 3.05) is 16.9 Å². The molecule has 1 amide bonds. The van der Waals surface area contributed by atoms with Crippen LogP contribution in [0.2, 0.25) is 0 Å². The molecule has 0 radical (unpaired) electrons. The molecule has 0 unspecified atom stereocenters. The number of benzene rings is 2. The van der Waals surface area contributed by atoms with E-state index in [1.54, 1.807) is 0 Å². The van der Waals surface area contributed by atoms with Gasteiger partial charge in [0, 0.05) is 15.7 Å². The van der Waals surface area contributed by atoms with Crippen LogP contribution in [0.5, 0.6) is 0 Å². The van der Waals surface area contributed by atoms with E-state index in [2.05, 4.69) is 45.3 Å². The maximum atomic E-state index is 12.2. The van der Waals surface area contributed by atoms with Crippen molar-refractivity contribution in [1.29, 1.82) is 0 Å². The summed E-state index contributed by atoms with van der Waals surface area (Å²) in [5, 5.41) is 11.6. The predicted molar refractivity (Wildman–Crippen MR) is 113 cm³/mol. The van der Waals surface area contributed by atoms with Gasteiger partial charge in [0.25, 0.3) is 0 Å². The molecule has 0 aliphatic carbocycles. The molecule has 1 heterocycles. The minimum absolute atomic E-state index is 0.122. The van der Waals surface area contributed by atoms with E-state index in [0.717, 1.165) is 15.7 Å². The topological polar surface area (TPSA) is 85.8 Å². The van der Waals surface area contributed by atoms with Crippen molar-refractivity contribution in [1.82, 2.24) is 14.9 Å². The van der Waals surface area contributed by atoms with E-state index in [1.165, 1.54) is 22.0 Å². The van der Waals surface area contributed by atoms with Gasteiger partial charge in [0.1, 0.15) is 0 Å². The molecule has 6 nitrogen and oxygen atoms in total. The first-order valence-electron chi connectivity index (χ1n) is 8.43. The van der Waals surface area contributed by atoms with Crippen LogP contribution in [-0.4, -0.2) is 26.5 Å². The first-order chi connectivity index (χ1) is 13.0. The molecule has 0 aliphatic rings. The van der Waals surface area contributed by atoms with E-state index in [0.29, 0.717) is 16.9 Å². The average molecular weight is 446 g/mol. The fraction of sp³-hybridized carbons (Fsp3) is 0.211. The molecular formula is C19H20BrN5OS. The maximum absolute atomic E-state index is 12.2. The van der Waals surface area contributed by atoms with Gasteiger partial charge in [0.15, 0.2) is 5.82 Å². The van der Waals surface area contributed by atoms with Crippen molar-refractivity contribution in [2.24, 2.45) is 0 Å². The Morgan fingerprint density at radius 2 is 1.89 bits per heavy atom. The number of hydrogen-bond donors (Lipinski definition) is 2. The van der Waals surface area contributed by atoms with Gasteiger partial charge in [0.05, 0.1) is 5.75 Å². The van der Waals surface area contributed by atoms with E-state index in [4.69, 9.17) is 5.84 Å². The summed E-state index contributed by atoms with van der Waals surface area (Å²) in [6, 6.07) is 15.5. The van der Waals surface area contributed by atoms with E-state index in [9.17, 15) is 4.79 Å². The average Bonchev–Trinajstić information content (AvgIpc) is 3.01. The van der Waals surface area contributed by atoms with Crippen LogP contribution in [0.4, 0.5) is 5.69 Å². The third-order valence-electron chi connectivity index (χ3n) is 3.97. The lowest BCUT2D eigenvalue weighted by Crippen LogP contribution is -2.16. The molecule has 0 atom stereocenters. The molecule has 0 saturated heterocycles. The number of carbonyl (C=O) groups excluding carboxylic acids is 1. The van der Waals surface area contributed by atoms with Gasteiger partial charge in [-0.3, -0.25) is 4.79 Å². The summed E-state index contributed by atoms with van der Waals surface area (Å²) in [6.45, 7) is 4.27. The molecule has 2 aromatic carbocycles. The van der Waals surface area contributed by atoms with Gasteiger partial charge in [-0.05, 0) is 35.7 Å². The zero-order chi connectivity index (χ0) is 19.4. The molecule has 3 N–H and O–H groups in total. The number of thioether (sulfide) groups is 1. The quantitative estimate of drug-likeness (QED) is 0.436. The molecule has 0 spiro atoms. The summed E-state index contributed by atoms with van der Waals surface area (Å²) in [5.41, 5.74) is 2.85. The van der Waals surface area contributed by atoms with E-state index in [-0.39, 0.29) is 11.7 Å². The molecule has 0 fully saturated rings. The molecule has 1 aromatic heterocycles. The van der Waals surface area contributed by atoms with Crippen LogP contribution < -0.4 is 11.2 Å². The molecule has 140 valence electrons. The Bertz CT molecular complexity index is 940. The highest BCUT2D eigenvalue weighted by molar-refractivity contribution is 9.10. The monoisotopic (exact) mass is 445 g/mol. The number of halogens is 1. The molecule has 3 rings (SSSR count). The number of amides is 1. The van der Waals surface area contributed by atoms with Gasteiger partial charge < -0.3 is 11.2 Å². The number of aromatic nitrogens is 3. The van der Waals surface area contributed by atoms with Crippen molar-refractivity contribution in [3.8, 4) is 11.4 Å².